The molecule has 5 atom stereocenters. The van der Waals surface area contributed by atoms with E-state index < -0.39 is 12.2 Å². The molecular weight excluding hydrogens is 370 g/mol. The lowest BCUT2D eigenvalue weighted by atomic mass is 9.88. The summed E-state index contributed by atoms with van der Waals surface area (Å²) < 4.78 is 4.62. The van der Waals surface area contributed by atoms with Crippen LogP contribution < -0.4 is 0 Å². The molecule has 1 rings (SSSR count). The zero-order valence-electron chi connectivity index (χ0n) is 17.8. The second kappa shape index (κ2) is 14.0. The highest BCUT2D eigenvalue weighted by atomic mass is 16.5. The maximum atomic E-state index is 11.1. The van der Waals surface area contributed by atoms with Gasteiger partial charge in [0.25, 0.3) is 0 Å². The van der Waals surface area contributed by atoms with Crippen LogP contribution in [0.5, 0.6) is 0 Å². The first kappa shape index (κ1) is 25.0. The molecule has 0 aromatic rings. The monoisotopic (exact) mass is 405 g/mol. The summed E-state index contributed by atoms with van der Waals surface area (Å²) >= 11 is 0. The van der Waals surface area contributed by atoms with E-state index in [0.717, 1.165) is 19.3 Å². The summed E-state index contributed by atoms with van der Waals surface area (Å²) in [7, 11) is 1.38. The number of azide groups is 1. The van der Waals surface area contributed by atoms with Gasteiger partial charge in [-0.2, -0.15) is 0 Å². The molecule has 7 heteroatoms. The topological polar surface area (TPSA) is 116 Å². The molecular formula is C22H35N3O4. The summed E-state index contributed by atoms with van der Waals surface area (Å²) in [5, 5.41) is 24.5. The molecule has 0 aromatic carbocycles. The van der Waals surface area contributed by atoms with Crippen LogP contribution in [0.3, 0.4) is 0 Å². The van der Waals surface area contributed by atoms with Gasteiger partial charge in [-0.3, -0.25) is 4.79 Å². The molecule has 29 heavy (non-hydrogen) atoms. The SMILES string of the molecule is COC(=O)CCC/C=C\C[C@@H]1[C@@H](/C=C/[C@@H](O)CCC=C(C)C)[C@H](O)C[C@@H]1N=[N+]=[N-]. The number of hydrogen-bond donors (Lipinski definition) is 2. The van der Waals surface area contributed by atoms with E-state index in [9.17, 15) is 15.0 Å². The number of aliphatic hydroxyl groups excluding tert-OH is 2. The molecule has 1 aliphatic rings. The smallest absolute Gasteiger partial charge is 0.305 e. The predicted molar refractivity (Wildman–Crippen MR) is 114 cm³/mol. The summed E-state index contributed by atoms with van der Waals surface area (Å²) in [6.45, 7) is 4.06. The molecule has 0 aromatic heterocycles. The van der Waals surface area contributed by atoms with E-state index in [1.807, 2.05) is 32.1 Å². The zero-order chi connectivity index (χ0) is 21.6. The van der Waals surface area contributed by atoms with Gasteiger partial charge in [0, 0.05) is 23.3 Å². The molecule has 7 nitrogen and oxygen atoms in total. The predicted octanol–water partition coefficient (Wildman–Crippen LogP) is 4.62. The van der Waals surface area contributed by atoms with Crippen LogP contribution in [0, 0.1) is 11.8 Å². The van der Waals surface area contributed by atoms with E-state index in [1.165, 1.54) is 12.7 Å². The Balaban J connectivity index is 2.65. The van der Waals surface area contributed by atoms with Gasteiger partial charge < -0.3 is 14.9 Å². The van der Waals surface area contributed by atoms with Crippen LogP contribution in [-0.2, 0) is 9.53 Å². The molecule has 0 heterocycles. The summed E-state index contributed by atoms with van der Waals surface area (Å²) in [6.07, 6.45) is 13.0. The van der Waals surface area contributed by atoms with Crippen molar-refractivity contribution in [2.24, 2.45) is 17.0 Å². The Bertz CT molecular complexity index is 634. The third-order valence-electron chi connectivity index (χ3n) is 5.24. The molecule has 0 saturated heterocycles. The quantitative estimate of drug-likeness (QED) is 0.123. The van der Waals surface area contributed by atoms with Crippen molar-refractivity contribution in [1.29, 1.82) is 0 Å². The molecule has 162 valence electrons. The fraction of sp³-hybridized carbons (Fsp3) is 0.682. The Morgan fingerprint density at radius 2 is 2.10 bits per heavy atom. The normalized spacial score (nSPS) is 25.1. The standard InChI is InChI=1S/C22H35N3O4/c1-16(2)9-8-10-17(26)13-14-19-18(20(24-25-23)15-21(19)27)11-6-4-5-7-12-22(28)29-3/h4,6,9,13-14,17-21,26-27H,5,7-8,10-12,15H2,1-3H3/b6-4-,14-13+/t17-,18+,19+,20-,21+/m0/s1. The number of aliphatic hydroxyl groups is 2. The van der Waals surface area contributed by atoms with E-state index in [1.54, 1.807) is 6.08 Å². The maximum Gasteiger partial charge on any atom is 0.305 e. The van der Waals surface area contributed by atoms with Gasteiger partial charge in [0.2, 0.25) is 0 Å². The minimum atomic E-state index is -0.593. The minimum absolute atomic E-state index is 0.0148. The molecule has 0 aliphatic heterocycles. The lowest BCUT2D eigenvalue weighted by Gasteiger charge is -2.20. The van der Waals surface area contributed by atoms with E-state index in [-0.39, 0.29) is 23.8 Å². The van der Waals surface area contributed by atoms with Crippen LogP contribution in [0.2, 0.25) is 0 Å². The van der Waals surface area contributed by atoms with Crippen molar-refractivity contribution >= 4 is 5.97 Å². The Hall–Kier alpha value is -2.08. The third kappa shape index (κ3) is 9.79. The van der Waals surface area contributed by atoms with Crippen molar-refractivity contribution in [3.8, 4) is 0 Å². The van der Waals surface area contributed by atoms with E-state index in [4.69, 9.17) is 5.53 Å². The summed E-state index contributed by atoms with van der Waals surface area (Å²) in [6, 6.07) is -0.271. The van der Waals surface area contributed by atoms with Crippen molar-refractivity contribution in [3.05, 3.63) is 46.4 Å². The van der Waals surface area contributed by atoms with Crippen molar-refractivity contribution in [1.82, 2.24) is 0 Å². The minimum Gasteiger partial charge on any atom is -0.469 e. The number of nitrogens with zero attached hydrogens (tertiary/aromatic N) is 3. The largest absolute Gasteiger partial charge is 0.469 e. The van der Waals surface area contributed by atoms with Gasteiger partial charge in [-0.05, 0) is 63.8 Å². The summed E-state index contributed by atoms with van der Waals surface area (Å²) in [5.74, 6) is -0.392. The molecule has 1 saturated carbocycles. The van der Waals surface area contributed by atoms with Gasteiger partial charge in [-0.25, -0.2) is 0 Å². The van der Waals surface area contributed by atoms with Gasteiger partial charge in [-0.1, -0.05) is 41.1 Å². The summed E-state index contributed by atoms with van der Waals surface area (Å²) in [4.78, 5) is 14.1. The number of carbonyl (C=O) groups excluding carboxylic acids is 1. The first-order valence-electron chi connectivity index (χ1n) is 10.3. The Labute approximate surface area is 173 Å². The van der Waals surface area contributed by atoms with E-state index in [2.05, 4.69) is 20.8 Å². The number of methoxy groups -OCH3 is 1. The van der Waals surface area contributed by atoms with Gasteiger partial charge in [0.05, 0.1) is 19.3 Å². The molecule has 1 aliphatic carbocycles. The van der Waals surface area contributed by atoms with Crippen molar-refractivity contribution < 1.29 is 19.7 Å². The van der Waals surface area contributed by atoms with Crippen molar-refractivity contribution in [2.75, 3.05) is 7.11 Å². The van der Waals surface area contributed by atoms with Crippen LogP contribution in [0.25, 0.3) is 10.4 Å². The molecule has 0 radical (unpaired) electrons. The highest BCUT2D eigenvalue weighted by Gasteiger charge is 2.39. The van der Waals surface area contributed by atoms with Crippen LogP contribution >= 0.6 is 0 Å². The number of esters is 1. The first-order valence-corrected chi connectivity index (χ1v) is 10.3. The van der Waals surface area contributed by atoms with Crippen molar-refractivity contribution in [2.45, 2.75) is 77.0 Å². The summed E-state index contributed by atoms with van der Waals surface area (Å²) in [5.41, 5.74) is 10.1. The average Bonchev–Trinajstić information content (AvgIpc) is 2.97. The van der Waals surface area contributed by atoms with Gasteiger partial charge in [-0.15, -0.1) is 0 Å². The average molecular weight is 406 g/mol. The van der Waals surface area contributed by atoms with Crippen LogP contribution in [0.4, 0.5) is 0 Å². The number of hydrogen-bond acceptors (Lipinski definition) is 5. The van der Waals surface area contributed by atoms with Gasteiger partial charge in [0.1, 0.15) is 0 Å². The molecule has 0 bridgehead atoms. The number of unbranched alkanes of at least 4 members (excludes halogenated alkanes) is 1. The highest BCUT2D eigenvalue weighted by Crippen LogP contribution is 2.38. The van der Waals surface area contributed by atoms with E-state index in [0.29, 0.717) is 25.7 Å². The van der Waals surface area contributed by atoms with E-state index >= 15 is 0 Å². The van der Waals surface area contributed by atoms with Crippen molar-refractivity contribution in [3.63, 3.8) is 0 Å². The highest BCUT2D eigenvalue weighted by molar-refractivity contribution is 5.69. The molecule has 0 unspecified atom stereocenters. The van der Waals surface area contributed by atoms with Gasteiger partial charge in [0.15, 0.2) is 0 Å². The molecule has 0 spiro atoms. The Morgan fingerprint density at radius 1 is 1.34 bits per heavy atom. The lowest BCUT2D eigenvalue weighted by molar-refractivity contribution is -0.140. The molecule has 0 amide bonds. The first-order chi connectivity index (χ1) is 13.9. The molecule has 1 fully saturated rings. The Kier molecular flexibility index (Phi) is 12.0. The third-order valence-corrected chi connectivity index (χ3v) is 5.24. The van der Waals surface area contributed by atoms with Crippen LogP contribution in [0.15, 0.2) is 41.1 Å². The number of ether oxygens (including phenoxy) is 1. The van der Waals surface area contributed by atoms with Crippen LogP contribution in [0.1, 0.15) is 58.8 Å². The lowest BCUT2D eigenvalue weighted by Crippen LogP contribution is -2.19. The molecule has 2 N–H and O–H groups in total. The fourth-order valence-electron chi connectivity index (χ4n) is 3.64. The fourth-order valence-corrected chi connectivity index (χ4v) is 3.64. The maximum absolute atomic E-state index is 11.1. The number of carbonyl (C=O) groups is 1. The van der Waals surface area contributed by atoms with Crippen LogP contribution in [-0.4, -0.2) is 41.5 Å². The Morgan fingerprint density at radius 3 is 2.76 bits per heavy atom. The second-order valence-electron chi connectivity index (χ2n) is 7.80. The number of rotatable bonds is 12. The zero-order valence-corrected chi connectivity index (χ0v) is 17.8. The van der Waals surface area contributed by atoms with Gasteiger partial charge >= 0.3 is 5.97 Å². The number of allylic oxidation sites excluding steroid dienone is 4. The second-order valence-corrected chi connectivity index (χ2v) is 7.80.